The molecule has 0 amide bonds. The average Bonchev–Trinajstić information content (AvgIpc) is 1.50. The molecule has 1 aliphatic rings. The molecule has 0 bridgehead atoms. The maximum absolute atomic E-state index is 13.1. The monoisotopic (exact) mass is 162 g/mol. The smallest absolute Gasteiger partial charge is 0.207 e. The molecule has 0 aromatic rings. The molecule has 66 valence electrons. The zero-order chi connectivity index (χ0) is 8.48. The van der Waals surface area contributed by atoms with Gasteiger partial charge in [0.25, 0.3) is 5.92 Å². The largest absolute Gasteiger partial charge is 0.251 e. The lowest BCUT2D eigenvalue weighted by atomic mass is 9.78. The third-order valence-electron chi connectivity index (χ3n) is 2.38. The minimum atomic E-state index is -2.38. The summed E-state index contributed by atoms with van der Waals surface area (Å²) in [6, 6.07) is 0. The van der Waals surface area contributed by atoms with Crippen LogP contribution in [0, 0.1) is 11.8 Å². The minimum Gasteiger partial charge on any atom is -0.207 e. The van der Waals surface area contributed by atoms with Crippen LogP contribution in [0.1, 0.15) is 39.5 Å². The van der Waals surface area contributed by atoms with Crippen LogP contribution in [0.15, 0.2) is 0 Å². The fourth-order valence-corrected chi connectivity index (χ4v) is 1.54. The van der Waals surface area contributed by atoms with Gasteiger partial charge in [0.1, 0.15) is 0 Å². The van der Waals surface area contributed by atoms with Gasteiger partial charge in [0, 0.05) is 12.3 Å². The zero-order valence-corrected chi connectivity index (χ0v) is 7.24. The molecule has 2 heteroatoms. The molecule has 0 spiro atoms. The molecule has 0 heterocycles. The Kier molecular flexibility index (Phi) is 2.50. The Morgan fingerprint density at radius 2 is 1.91 bits per heavy atom. The van der Waals surface area contributed by atoms with E-state index in [1.54, 1.807) is 0 Å². The molecular formula is C9H16F2. The standard InChI is InChI=1S/C9H16F2/c1-7(2)6-9(10,11)8-4-3-5-8/h7-8H,3-6H2,1-2H3. The summed E-state index contributed by atoms with van der Waals surface area (Å²) in [6.45, 7) is 3.71. The normalized spacial score (nSPS) is 20.5. The highest BCUT2D eigenvalue weighted by Gasteiger charge is 2.42. The van der Waals surface area contributed by atoms with Gasteiger partial charge in [-0.1, -0.05) is 20.3 Å². The van der Waals surface area contributed by atoms with E-state index in [1.165, 1.54) is 0 Å². The van der Waals surface area contributed by atoms with Gasteiger partial charge in [-0.15, -0.1) is 0 Å². The lowest BCUT2D eigenvalue weighted by molar-refractivity contribution is -0.101. The molecule has 0 saturated heterocycles. The minimum absolute atomic E-state index is 0.0671. The van der Waals surface area contributed by atoms with Gasteiger partial charge in [-0.05, 0) is 18.8 Å². The zero-order valence-electron chi connectivity index (χ0n) is 7.24. The van der Waals surface area contributed by atoms with Crippen molar-refractivity contribution in [2.24, 2.45) is 11.8 Å². The van der Waals surface area contributed by atoms with E-state index < -0.39 is 5.92 Å². The molecule has 0 aliphatic heterocycles. The van der Waals surface area contributed by atoms with Gasteiger partial charge in [-0.2, -0.15) is 0 Å². The fourth-order valence-electron chi connectivity index (χ4n) is 1.54. The van der Waals surface area contributed by atoms with Crippen LogP contribution in [0.2, 0.25) is 0 Å². The van der Waals surface area contributed by atoms with Crippen molar-refractivity contribution in [3.63, 3.8) is 0 Å². The second-order valence-electron chi connectivity index (χ2n) is 3.99. The molecule has 11 heavy (non-hydrogen) atoms. The van der Waals surface area contributed by atoms with Crippen LogP contribution in [0.3, 0.4) is 0 Å². The summed E-state index contributed by atoms with van der Waals surface area (Å²) in [4.78, 5) is 0. The summed E-state index contributed by atoms with van der Waals surface area (Å²) in [5, 5.41) is 0. The van der Waals surface area contributed by atoms with E-state index in [-0.39, 0.29) is 18.3 Å². The second-order valence-corrected chi connectivity index (χ2v) is 3.99. The van der Waals surface area contributed by atoms with E-state index in [2.05, 4.69) is 0 Å². The lowest BCUT2D eigenvalue weighted by Gasteiger charge is -2.34. The quantitative estimate of drug-likeness (QED) is 0.596. The fraction of sp³-hybridized carbons (Fsp3) is 1.00. The van der Waals surface area contributed by atoms with Crippen molar-refractivity contribution in [3.8, 4) is 0 Å². The van der Waals surface area contributed by atoms with Crippen LogP contribution >= 0.6 is 0 Å². The first-order chi connectivity index (χ1) is 5.02. The van der Waals surface area contributed by atoms with Gasteiger partial charge in [0.2, 0.25) is 0 Å². The number of hydrogen-bond acceptors (Lipinski definition) is 0. The SMILES string of the molecule is CC(C)CC(F)(F)C1CCC1. The highest BCUT2D eigenvalue weighted by atomic mass is 19.3. The van der Waals surface area contributed by atoms with Gasteiger partial charge in [0.05, 0.1) is 0 Å². The van der Waals surface area contributed by atoms with E-state index in [0.29, 0.717) is 0 Å². The van der Waals surface area contributed by atoms with Gasteiger partial charge in [-0.25, -0.2) is 8.78 Å². The van der Waals surface area contributed by atoms with E-state index in [9.17, 15) is 8.78 Å². The molecule has 0 N–H and O–H groups in total. The summed E-state index contributed by atoms with van der Waals surface area (Å²) >= 11 is 0. The molecule has 1 saturated carbocycles. The highest BCUT2D eigenvalue weighted by Crippen LogP contribution is 2.43. The Bertz CT molecular complexity index is 126. The Hall–Kier alpha value is -0.140. The predicted octanol–water partition coefficient (Wildman–Crippen LogP) is 3.47. The van der Waals surface area contributed by atoms with Crippen molar-refractivity contribution < 1.29 is 8.78 Å². The van der Waals surface area contributed by atoms with Gasteiger partial charge < -0.3 is 0 Å². The molecule has 0 aromatic heterocycles. The van der Waals surface area contributed by atoms with Crippen LogP contribution in [-0.4, -0.2) is 5.92 Å². The van der Waals surface area contributed by atoms with E-state index in [4.69, 9.17) is 0 Å². The molecule has 1 aliphatic carbocycles. The Balaban J connectivity index is 2.37. The third-order valence-corrected chi connectivity index (χ3v) is 2.38. The van der Waals surface area contributed by atoms with Gasteiger partial charge in [0.15, 0.2) is 0 Å². The first kappa shape index (κ1) is 8.95. The van der Waals surface area contributed by atoms with Crippen LogP contribution in [0.25, 0.3) is 0 Å². The Morgan fingerprint density at radius 3 is 2.18 bits per heavy atom. The van der Waals surface area contributed by atoms with Crippen LogP contribution in [0.5, 0.6) is 0 Å². The highest BCUT2D eigenvalue weighted by molar-refractivity contribution is 4.84. The molecule has 0 nitrogen and oxygen atoms in total. The number of halogens is 2. The van der Waals surface area contributed by atoms with Crippen molar-refractivity contribution in [1.29, 1.82) is 0 Å². The summed E-state index contributed by atoms with van der Waals surface area (Å²) < 4.78 is 26.2. The molecule has 0 atom stereocenters. The topological polar surface area (TPSA) is 0 Å². The van der Waals surface area contributed by atoms with Crippen molar-refractivity contribution in [2.75, 3.05) is 0 Å². The third kappa shape index (κ3) is 2.14. The maximum atomic E-state index is 13.1. The van der Waals surface area contributed by atoms with E-state index in [1.807, 2.05) is 13.8 Å². The first-order valence-corrected chi connectivity index (χ1v) is 4.40. The van der Waals surface area contributed by atoms with Crippen molar-refractivity contribution in [1.82, 2.24) is 0 Å². The molecule has 1 rings (SSSR count). The summed E-state index contributed by atoms with van der Waals surface area (Å²) in [7, 11) is 0. The number of rotatable bonds is 3. The van der Waals surface area contributed by atoms with E-state index >= 15 is 0 Å². The molecule has 0 aromatic carbocycles. The Morgan fingerprint density at radius 1 is 1.36 bits per heavy atom. The first-order valence-electron chi connectivity index (χ1n) is 4.40. The summed E-state index contributed by atoms with van der Waals surface area (Å²) in [5.74, 6) is -2.57. The lowest BCUT2D eigenvalue weighted by Crippen LogP contribution is -2.34. The maximum Gasteiger partial charge on any atom is 0.251 e. The molecular weight excluding hydrogens is 146 g/mol. The summed E-state index contributed by atoms with van der Waals surface area (Å²) in [5.41, 5.74) is 0. The Labute approximate surface area is 67.0 Å². The second kappa shape index (κ2) is 3.08. The van der Waals surface area contributed by atoms with Gasteiger partial charge in [-0.3, -0.25) is 0 Å². The van der Waals surface area contributed by atoms with Crippen molar-refractivity contribution in [2.45, 2.75) is 45.5 Å². The van der Waals surface area contributed by atoms with Crippen LogP contribution in [-0.2, 0) is 0 Å². The number of hydrogen-bond donors (Lipinski definition) is 0. The van der Waals surface area contributed by atoms with Crippen LogP contribution < -0.4 is 0 Å². The molecule has 0 unspecified atom stereocenters. The predicted molar refractivity (Wildman–Crippen MR) is 41.7 cm³/mol. The van der Waals surface area contributed by atoms with Crippen LogP contribution in [0.4, 0.5) is 8.78 Å². The van der Waals surface area contributed by atoms with E-state index in [0.717, 1.165) is 19.3 Å². The van der Waals surface area contributed by atoms with Gasteiger partial charge >= 0.3 is 0 Å². The number of alkyl halides is 2. The van der Waals surface area contributed by atoms with Crippen molar-refractivity contribution in [3.05, 3.63) is 0 Å². The van der Waals surface area contributed by atoms with Crippen molar-refractivity contribution >= 4 is 0 Å². The average molecular weight is 162 g/mol. The summed E-state index contributed by atoms with van der Waals surface area (Å²) in [6.07, 6.45) is 2.54. The molecule has 1 fully saturated rings. The molecule has 0 radical (unpaired) electrons.